The molecule has 0 spiro atoms. The predicted molar refractivity (Wildman–Crippen MR) is 80.6 cm³/mol. The highest BCUT2D eigenvalue weighted by molar-refractivity contribution is 7.92. The largest absolute Gasteiger partial charge is 0.478 e. The molecule has 0 aromatic heterocycles. The molecule has 0 aliphatic rings. The van der Waals surface area contributed by atoms with Gasteiger partial charge in [-0.15, -0.1) is 0 Å². The van der Waals surface area contributed by atoms with E-state index < -0.39 is 48.8 Å². The molecule has 0 saturated heterocycles. The fourth-order valence-electron chi connectivity index (χ4n) is 1.65. The highest BCUT2D eigenvalue weighted by Crippen LogP contribution is 2.32. The van der Waals surface area contributed by atoms with Gasteiger partial charge in [0.05, 0.1) is 21.3 Å². The van der Waals surface area contributed by atoms with Crippen LogP contribution in [-0.4, -0.2) is 19.5 Å². The average molecular weight is 382 g/mol. The first-order valence-electron chi connectivity index (χ1n) is 5.82. The third kappa shape index (κ3) is 3.72. The molecular weight excluding hydrogens is 375 g/mol. The Kier molecular flexibility index (Phi) is 4.79. The van der Waals surface area contributed by atoms with Gasteiger partial charge in [-0.3, -0.25) is 4.72 Å². The van der Waals surface area contributed by atoms with Crippen LogP contribution in [0, 0.1) is 11.6 Å². The lowest BCUT2D eigenvalue weighted by molar-refractivity contribution is 0.0696. The normalized spacial score (nSPS) is 11.3. The Morgan fingerprint density at radius 1 is 1.13 bits per heavy atom. The van der Waals surface area contributed by atoms with Gasteiger partial charge < -0.3 is 5.11 Å². The second kappa shape index (κ2) is 6.31. The van der Waals surface area contributed by atoms with E-state index in [-0.39, 0.29) is 5.02 Å². The molecule has 5 nitrogen and oxygen atoms in total. The van der Waals surface area contributed by atoms with E-state index in [4.69, 9.17) is 28.3 Å². The van der Waals surface area contributed by atoms with Crippen LogP contribution in [0.3, 0.4) is 0 Å². The molecule has 2 aromatic rings. The van der Waals surface area contributed by atoms with Crippen molar-refractivity contribution >= 4 is 44.9 Å². The van der Waals surface area contributed by atoms with Crippen LogP contribution in [0.2, 0.25) is 10.0 Å². The van der Waals surface area contributed by atoms with Gasteiger partial charge in [-0.2, -0.15) is 0 Å². The molecule has 0 aliphatic heterocycles. The molecule has 0 unspecified atom stereocenters. The van der Waals surface area contributed by atoms with Gasteiger partial charge in [0.25, 0.3) is 10.0 Å². The van der Waals surface area contributed by atoms with Gasteiger partial charge >= 0.3 is 5.97 Å². The first-order chi connectivity index (χ1) is 10.6. The van der Waals surface area contributed by atoms with Crippen LogP contribution in [0.25, 0.3) is 0 Å². The summed E-state index contributed by atoms with van der Waals surface area (Å²) in [6.45, 7) is 0. The minimum atomic E-state index is -4.45. The van der Waals surface area contributed by atoms with Crippen LogP contribution in [-0.2, 0) is 10.0 Å². The maximum absolute atomic E-state index is 13.6. The summed E-state index contributed by atoms with van der Waals surface area (Å²) in [6, 6.07) is 3.96. The van der Waals surface area contributed by atoms with Crippen molar-refractivity contribution in [3.63, 3.8) is 0 Å². The van der Waals surface area contributed by atoms with Gasteiger partial charge in [-0.1, -0.05) is 23.2 Å². The number of carboxylic acid groups (broad SMARTS) is 1. The maximum Gasteiger partial charge on any atom is 0.335 e. The van der Waals surface area contributed by atoms with E-state index in [1.54, 1.807) is 0 Å². The quantitative estimate of drug-likeness (QED) is 0.843. The van der Waals surface area contributed by atoms with Crippen LogP contribution in [0.5, 0.6) is 0 Å². The molecule has 0 bridgehead atoms. The number of sulfonamides is 1. The summed E-state index contributed by atoms with van der Waals surface area (Å²) >= 11 is 11.5. The Morgan fingerprint density at radius 3 is 2.35 bits per heavy atom. The first kappa shape index (κ1) is 17.5. The molecule has 10 heteroatoms. The van der Waals surface area contributed by atoms with Crippen LogP contribution in [0.1, 0.15) is 10.4 Å². The van der Waals surface area contributed by atoms with E-state index in [9.17, 15) is 22.0 Å². The zero-order chi connectivity index (χ0) is 17.4. The number of anilines is 1. The third-order valence-electron chi connectivity index (χ3n) is 2.71. The van der Waals surface area contributed by atoms with Crippen molar-refractivity contribution in [2.45, 2.75) is 4.90 Å². The number of hydrogen-bond donors (Lipinski definition) is 2. The molecule has 0 radical (unpaired) electrons. The van der Waals surface area contributed by atoms with E-state index in [0.29, 0.717) is 6.07 Å². The molecule has 0 amide bonds. The van der Waals surface area contributed by atoms with Gasteiger partial charge in [0.1, 0.15) is 16.5 Å². The van der Waals surface area contributed by atoms with Crippen LogP contribution in [0.4, 0.5) is 14.5 Å². The molecule has 0 saturated carbocycles. The van der Waals surface area contributed by atoms with E-state index in [2.05, 4.69) is 0 Å². The summed E-state index contributed by atoms with van der Waals surface area (Å²) in [5.74, 6) is -3.46. The summed E-state index contributed by atoms with van der Waals surface area (Å²) in [5.41, 5.74) is -0.946. The monoisotopic (exact) mass is 381 g/mol. The molecule has 2 N–H and O–H groups in total. The number of rotatable bonds is 4. The van der Waals surface area contributed by atoms with Crippen molar-refractivity contribution < 1.29 is 27.1 Å². The Bertz CT molecular complexity index is 903. The van der Waals surface area contributed by atoms with Crippen molar-refractivity contribution in [1.29, 1.82) is 0 Å². The minimum absolute atomic E-state index is 0.300. The lowest BCUT2D eigenvalue weighted by atomic mass is 10.2. The second-order valence-electron chi connectivity index (χ2n) is 4.31. The van der Waals surface area contributed by atoms with Crippen LogP contribution >= 0.6 is 23.2 Å². The number of benzene rings is 2. The van der Waals surface area contributed by atoms with Gasteiger partial charge in [0, 0.05) is 6.07 Å². The molecule has 0 fully saturated rings. The van der Waals surface area contributed by atoms with Crippen molar-refractivity contribution in [2.24, 2.45) is 0 Å². The summed E-state index contributed by atoms with van der Waals surface area (Å²) < 4.78 is 52.8. The molecule has 0 atom stereocenters. The molecule has 122 valence electrons. The van der Waals surface area contributed by atoms with Gasteiger partial charge in [-0.25, -0.2) is 22.0 Å². The van der Waals surface area contributed by atoms with E-state index in [1.807, 2.05) is 4.72 Å². The topological polar surface area (TPSA) is 83.5 Å². The van der Waals surface area contributed by atoms with Gasteiger partial charge in [0.2, 0.25) is 0 Å². The third-order valence-corrected chi connectivity index (χ3v) is 5.01. The molecular formula is C13H7Cl2F2NO4S. The first-order valence-corrected chi connectivity index (χ1v) is 8.06. The van der Waals surface area contributed by atoms with E-state index in [0.717, 1.165) is 24.3 Å². The Hall–Kier alpha value is -1.90. The summed E-state index contributed by atoms with van der Waals surface area (Å²) in [6.07, 6.45) is 0. The van der Waals surface area contributed by atoms with Crippen molar-refractivity contribution in [3.05, 3.63) is 57.6 Å². The van der Waals surface area contributed by atoms with Gasteiger partial charge in [0.15, 0.2) is 0 Å². The number of aromatic carboxylic acids is 1. The predicted octanol–water partition coefficient (Wildman–Crippen LogP) is 3.77. The standard InChI is InChI=1S/C13H7Cl2F2NO4S/c14-8-3-6(13(19)20)4-11(12(8)15)23(21,22)18-10-2-1-7(16)5-9(10)17/h1-5,18H,(H,19,20). The maximum atomic E-state index is 13.6. The van der Waals surface area contributed by atoms with Crippen molar-refractivity contribution in [2.75, 3.05) is 4.72 Å². The van der Waals surface area contributed by atoms with E-state index >= 15 is 0 Å². The zero-order valence-electron chi connectivity index (χ0n) is 11.0. The number of nitrogens with one attached hydrogen (secondary N) is 1. The lowest BCUT2D eigenvalue weighted by Gasteiger charge is -2.12. The smallest absolute Gasteiger partial charge is 0.335 e. The summed E-state index contributed by atoms with van der Waals surface area (Å²) in [7, 11) is -4.45. The highest BCUT2D eigenvalue weighted by Gasteiger charge is 2.24. The Balaban J connectivity index is 2.53. The summed E-state index contributed by atoms with van der Waals surface area (Å²) in [4.78, 5) is 10.3. The molecule has 2 aromatic carbocycles. The number of carbonyl (C=O) groups is 1. The Morgan fingerprint density at radius 2 is 1.78 bits per heavy atom. The average Bonchev–Trinajstić information content (AvgIpc) is 2.44. The zero-order valence-corrected chi connectivity index (χ0v) is 13.3. The van der Waals surface area contributed by atoms with Crippen molar-refractivity contribution in [3.8, 4) is 0 Å². The molecule has 23 heavy (non-hydrogen) atoms. The second-order valence-corrected chi connectivity index (χ2v) is 6.74. The fourth-order valence-corrected chi connectivity index (χ4v) is 3.54. The van der Waals surface area contributed by atoms with Crippen LogP contribution < -0.4 is 4.72 Å². The number of hydrogen-bond acceptors (Lipinski definition) is 3. The summed E-state index contributed by atoms with van der Waals surface area (Å²) in [5, 5.41) is 8.21. The molecule has 2 rings (SSSR count). The van der Waals surface area contributed by atoms with Gasteiger partial charge in [-0.05, 0) is 24.3 Å². The van der Waals surface area contributed by atoms with Crippen LogP contribution in [0.15, 0.2) is 35.2 Å². The SMILES string of the molecule is O=C(O)c1cc(Cl)c(Cl)c(S(=O)(=O)Nc2ccc(F)cc2F)c1. The van der Waals surface area contributed by atoms with E-state index in [1.165, 1.54) is 0 Å². The fraction of sp³-hybridized carbons (Fsp3) is 0. The molecule has 0 aliphatic carbocycles. The lowest BCUT2D eigenvalue weighted by Crippen LogP contribution is -2.15. The minimum Gasteiger partial charge on any atom is -0.478 e. The van der Waals surface area contributed by atoms with Crippen molar-refractivity contribution in [1.82, 2.24) is 0 Å². The molecule has 0 heterocycles. The highest BCUT2D eigenvalue weighted by atomic mass is 35.5. The Labute approximate surface area is 139 Å². The number of halogens is 4. The number of carboxylic acids is 1.